The Hall–Kier alpha value is -1.28. The summed E-state index contributed by atoms with van der Waals surface area (Å²) in [5, 5.41) is 0. The van der Waals surface area contributed by atoms with Crippen LogP contribution in [0.4, 0.5) is 0 Å². The number of methoxy groups -OCH3 is 1. The van der Waals surface area contributed by atoms with Gasteiger partial charge < -0.3 is 24.7 Å². The first-order chi connectivity index (χ1) is 15.2. The fraction of sp³-hybridized carbons (Fsp3) is 0.840. The summed E-state index contributed by atoms with van der Waals surface area (Å²) < 4.78 is 24.0. The number of nitrogens with two attached hydrogens (primary N) is 1. The van der Waals surface area contributed by atoms with Crippen LogP contribution in [-0.4, -0.2) is 61.5 Å². The number of ether oxygens (including phenoxy) is 4. The Morgan fingerprint density at radius 2 is 1.97 bits per heavy atom. The van der Waals surface area contributed by atoms with Crippen molar-refractivity contribution in [3.8, 4) is 0 Å². The van der Waals surface area contributed by atoms with Crippen molar-refractivity contribution in [2.24, 2.45) is 17.6 Å². The van der Waals surface area contributed by atoms with Gasteiger partial charge in [0.1, 0.15) is 29.2 Å². The number of Topliss-reactive ketones (excluding diaryl/α,β-unsaturated/α-hetero) is 1. The fourth-order valence-electron chi connectivity index (χ4n) is 5.47. The third-order valence-electron chi connectivity index (χ3n) is 7.51. The molecule has 2 aliphatic heterocycles. The van der Waals surface area contributed by atoms with Crippen LogP contribution in [0, 0.1) is 11.8 Å². The predicted octanol–water partition coefficient (Wildman–Crippen LogP) is 3.33. The van der Waals surface area contributed by atoms with Gasteiger partial charge in [0.05, 0.1) is 25.0 Å². The Balaban J connectivity index is 1.66. The van der Waals surface area contributed by atoms with Gasteiger partial charge in [0.2, 0.25) is 0 Å². The Bertz CT molecular complexity index is 713. The van der Waals surface area contributed by atoms with Gasteiger partial charge in [0.15, 0.2) is 0 Å². The molecule has 3 fully saturated rings. The van der Waals surface area contributed by atoms with Crippen LogP contribution in [0.1, 0.15) is 72.6 Å². The van der Waals surface area contributed by atoms with Crippen LogP contribution in [0.15, 0.2) is 11.6 Å². The van der Waals surface area contributed by atoms with Gasteiger partial charge in [0.25, 0.3) is 0 Å². The van der Waals surface area contributed by atoms with Crippen LogP contribution in [0.25, 0.3) is 0 Å². The Kier molecular flexibility index (Phi) is 8.18. The van der Waals surface area contributed by atoms with Crippen molar-refractivity contribution in [1.29, 1.82) is 0 Å². The minimum absolute atomic E-state index is 0.00438. The smallest absolute Gasteiger partial charge is 0.306 e. The molecule has 0 amide bonds. The number of allylic oxidation sites excluding steroid dienone is 1. The summed E-state index contributed by atoms with van der Waals surface area (Å²) in [5.74, 6) is -0.630. The van der Waals surface area contributed by atoms with Crippen molar-refractivity contribution in [1.82, 2.24) is 0 Å². The molecule has 0 bridgehead atoms. The lowest BCUT2D eigenvalue weighted by Crippen LogP contribution is -2.55. The Labute approximate surface area is 192 Å². The van der Waals surface area contributed by atoms with Crippen LogP contribution in [0.3, 0.4) is 0 Å². The fourth-order valence-corrected chi connectivity index (χ4v) is 5.47. The van der Waals surface area contributed by atoms with E-state index in [0.717, 1.165) is 25.7 Å². The summed E-state index contributed by atoms with van der Waals surface area (Å²) in [6.07, 6.45) is 6.46. The van der Waals surface area contributed by atoms with E-state index in [-0.39, 0.29) is 59.5 Å². The molecular weight excluding hydrogens is 410 g/mol. The summed E-state index contributed by atoms with van der Waals surface area (Å²) in [4.78, 5) is 24.8. The van der Waals surface area contributed by atoms with Crippen molar-refractivity contribution in [3.05, 3.63) is 11.6 Å². The maximum atomic E-state index is 12.8. The van der Waals surface area contributed by atoms with Crippen LogP contribution in [0.2, 0.25) is 0 Å². The second kappa shape index (κ2) is 10.3. The monoisotopic (exact) mass is 451 g/mol. The molecule has 3 rings (SSSR count). The zero-order valence-corrected chi connectivity index (χ0v) is 20.4. The average molecular weight is 452 g/mol. The minimum Gasteiger partial charge on any atom is -0.460 e. The van der Waals surface area contributed by atoms with Gasteiger partial charge in [-0.1, -0.05) is 18.1 Å². The van der Waals surface area contributed by atoms with Crippen LogP contribution >= 0.6 is 0 Å². The largest absolute Gasteiger partial charge is 0.460 e. The third kappa shape index (κ3) is 5.61. The van der Waals surface area contributed by atoms with Crippen molar-refractivity contribution >= 4 is 11.8 Å². The molecule has 0 aromatic rings. The topological polar surface area (TPSA) is 104 Å². The summed E-state index contributed by atoms with van der Waals surface area (Å²) in [7, 11) is 1.67. The summed E-state index contributed by atoms with van der Waals surface area (Å²) in [5.41, 5.74) is 6.21. The van der Waals surface area contributed by atoms with E-state index in [1.165, 1.54) is 5.57 Å². The van der Waals surface area contributed by atoms with Gasteiger partial charge in [-0.05, 0) is 66.3 Å². The molecule has 3 aliphatic rings. The second-order valence-electron chi connectivity index (χ2n) is 10.2. The molecule has 7 heteroatoms. The zero-order valence-electron chi connectivity index (χ0n) is 20.4. The molecule has 1 aliphatic carbocycles. The van der Waals surface area contributed by atoms with E-state index in [0.29, 0.717) is 26.0 Å². The molecule has 32 heavy (non-hydrogen) atoms. The molecule has 2 N–H and O–H groups in total. The van der Waals surface area contributed by atoms with E-state index in [1.807, 2.05) is 0 Å². The van der Waals surface area contributed by atoms with Gasteiger partial charge in [0, 0.05) is 13.0 Å². The predicted molar refractivity (Wildman–Crippen MR) is 121 cm³/mol. The first-order valence-electron chi connectivity index (χ1n) is 12.0. The highest BCUT2D eigenvalue weighted by Gasteiger charge is 2.72. The number of ketones is 1. The van der Waals surface area contributed by atoms with E-state index in [4.69, 9.17) is 24.7 Å². The number of unbranched alkanes of at least 4 members (excludes halogenated alkanes) is 1. The molecule has 182 valence electrons. The van der Waals surface area contributed by atoms with E-state index in [1.54, 1.807) is 14.0 Å². The van der Waals surface area contributed by atoms with Gasteiger partial charge >= 0.3 is 5.97 Å². The average Bonchev–Trinajstić information content (AvgIpc) is 3.64. The quantitative estimate of drug-likeness (QED) is 0.210. The number of epoxide rings is 2. The van der Waals surface area contributed by atoms with Crippen molar-refractivity contribution in [2.45, 2.75) is 102 Å². The molecule has 2 saturated heterocycles. The number of hydrogen-bond acceptors (Lipinski definition) is 7. The molecule has 0 radical (unpaired) electrons. The van der Waals surface area contributed by atoms with Gasteiger partial charge in [-0.25, -0.2) is 0 Å². The molecule has 0 aromatic heterocycles. The summed E-state index contributed by atoms with van der Waals surface area (Å²) in [6, 6.07) is 0. The number of carbonyl (C=O) groups is 2. The first kappa shape index (κ1) is 25.3. The zero-order chi connectivity index (χ0) is 23.5. The molecule has 3 unspecified atom stereocenters. The van der Waals surface area contributed by atoms with Crippen LogP contribution in [-0.2, 0) is 28.5 Å². The van der Waals surface area contributed by atoms with E-state index in [2.05, 4.69) is 26.8 Å². The lowest BCUT2D eigenvalue weighted by Gasteiger charge is -2.42. The number of carbonyl (C=O) groups excluding carboxylic acids is 2. The lowest BCUT2D eigenvalue weighted by atomic mass is 9.68. The third-order valence-corrected chi connectivity index (χ3v) is 7.51. The standard InChI is InChI=1S/C25H41NO6/c1-16(2)9-10-20-24(4,32-20)23-22(29-5)19(11-12-25(23)15-30-25)31-21(28)14-18(17(3)27)8-6-7-13-26/h9,18-20,22-23H,6-8,10-15,26H2,1-5H3/t18-,19?,20-,22?,23?,24-,25+/m1/s1. The maximum absolute atomic E-state index is 12.8. The highest BCUT2D eigenvalue weighted by Crippen LogP contribution is 2.59. The van der Waals surface area contributed by atoms with Gasteiger partial charge in [-0.3, -0.25) is 9.59 Å². The van der Waals surface area contributed by atoms with Crippen LogP contribution < -0.4 is 5.73 Å². The minimum atomic E-state index is -0.367. The molecule has 2 heterocycles. The van der Waals surface area contributed by atoms with E-state index >= 15 is 0 Å². The molecule has 0 aromatic carbocycles. The Morgan fingerprint density at radius 1 is 1.25 bits per heavy atom. The van der Waals surface area contributed by atoms with E-state index < -0.39 is 0 Å². The van der Waals surface area contributed by atoms with Gasteiger partial charge in [-0.2, -0.15) is 0 Å². The summed E-state index contributed by atoms with van der Waals surface area (Å²) in [6.45, 7) is 9.13. The highest BCUT2D eigenvalue weighted by atomic mass is 16.6. The SMILES string of the molecule is COC1C(OC(=O)C[C@@H](CCCCN)C(C)=O)CC[C@]2(CO2)C1[C@]1(C)O[C@@H]1CC=C(C)C. The maximum Gasteiger partial charge on any atom is 0.306 e. The number of rotatable bonds is 12. The lowest BCUT2D eigenvalue weighted by molar-refractivity contribution is -0.173. The Morgan fingerprint density at radius 3 is 2.53 bits per heavy atom. The summed E-state index contributed by atoms with van der Waals surface area (Å²) >= 11 is 0. The highest BCUT2D eigenvalue weighted by molar-refractivity contribution is 5.83. The normalized spacial score (nSPS) is 36.4. The van der Waals surface area contributed by atoms with Crippen molar-refractivity contribution in [2.75, 3.05) is 20.3 Å². The van der Waals surface area contributed by atoms with Crippen molar-refractivity contribution < 1.29 is 28.5 Å². The van der Waals surface area contributed by atoms with Crippen LogP contribution in [0.5, 0.6) is 0 Å². The van der Waals surface area contributed by atoms with E-state index in [9.17, 15) is 9.59 Å². The number of esters is 1. The number of hydrogen-bond donors (Lipinski definition) is 1. The molecule has 7 atom stereocenters. The second-order valence-corrected chi connectivity index (χ2v) is 10.2. The van der Waals surface area contributed by atoms with Gasteiger partial charge in [-0.15, -0.1) is 0 Å². The molecule has 1 spiro atoms. The molecular formula is C25H41NO6. The first-order valence-corrected chi connectivity index (χ1v) is 12.0. The molecule has 1 saturated carbocycles. The van der Waals surface area contributed by atoms with Crippen molar-refractivity contribution in [3.63, 3.8) is 0 Å². The molecule has 7 nitrogen and oxygen atoms in total.